The number of hydrogen-bond donors (Lipinski definition) is 3. The van der Waals surface area contributed by atoms with E-state index in [4.69, 9.17) is 22.7 Å². The fourth-order valence-corrected chi connectivity index (χ4v) is 5.08. The molecule has 2 aromatic rings. The third kappa shape index (κ3) is 5.87. The fourth-order valence-electron chi connectivity index (χ4n) is 4.57. The van der Waals surface area contributed by atoms with E-state index in [-0.39, 0.29) is 16.3 Å². The molecule has 0 unspecified atom stereocenters. The Hall–Kier alpha value is -2.23. The standard InChI is InChI=1S/C24H33BrClN7O/c1-3-32(4-2)13-5-12-29-23(34)24(17-6-8-18(26)9-7-17)10-14-33(15-11-24)22-19(20(25)27)21(28)30-16-31-22/h6-9,16,27H,3-5,10-15H2,1-2H3,(H,29,34)(H2,28,30,31). The molecule has 1 aromatic carbocycles. The molecule has 1 aliphatic rings. The van der Waals surface area contributed by atoms with E-state index < -0.39 is 5.41 Å². The Bertz CT molecular complexity index is 989. The van der Waals surface area contributed by atoms with E-state index in [0.717, 1.165) is 31.6 Å². The molecule has 0 saturated carbocycles. The Kier molecular flexibility index (Phi) is 9.27. The normalized spacial score (nSPS) is 15.4. The van der Waals surface area contributed by atoms with Crippen LogP contribution in [0.5, 0.6) is 0 Å². The van der Waals surface area contributed by atoms with Crippen LogP contribution in [0, 0.1) is 5.41 Å². The second-order valence-corrected chi connectivity index (χ2v) is 9.71. The molecule has 34 heavy (non-hydrogen) atoms. The lowest BCUT2D eigenvalue weighted by Crippen LogP contribution is -2.52. The number of carbonyl (C=O) groups excluding carboxylic acids is 1. The van der Waals surface area contributed by atoms with Crippen LogP contribution in [0.1, 0.15) is 44.2 Å². The van der Waals surface area contributed by atoms with Gasteiger partial charge in [0.15, 0.2) is 0 Å². The monoisotopic (exact) mass is 549 g/mol. The van der Waals surface area contributed by atoms with Crippen molar-refractivity contribution < 1.29 is 4.79 Å². The number of nitrogens with two attached hydrogens (primary N) is 1. The first-order chi connectivity index (χ1) is 16.3. The number of nitrogens with zero attached hydrogens (tertiary/aromatic N) is 4. The van der Waals surface area contributed by atoms with E-state index in [2.05, 4.69) is 54.9 Å². The number of aromatic nitrogens is 2. The summed E-state index contributed by atoms with van der Waals surface area (Å²) in [6, 6.07) is 7.59. The van der Waals surface area contributed by atoms with E-state index in [0.29, 0.717) is 48.9 Å². The molecule has 8 nitrogen and oxygen atoms in total. The molecule has 2 heterocycles. The maximum atomic E-state index is 13.6. The van der Waals surface area contributed by atoms with Gasteiger partial charge in [-0.15, -0.1) is 0 Å². The molecular formula is C24H33BrClN7O. The zero-order chi connectivity index (χ0) is 24.7. The predicted octanol–water partition coefficient (Wildman–Crippen LogP) is 3.82. The molecule has 10 heteroatoms. The summed E-state index contributed by atoms with van der Waals surface area (Å²) in [7, 11) is 0. The molecular weight excluding hydrogens is 518 g/mol. The number of nitrogen functional groups attached to an aromatic ring is 1. The summed E-state index contributed by atoms with van der Waals surface area (Å²) in [6.45, 7) is 9.12. The van der Waals surface area contributed by atoms with Gasteiger partial charge in [0.25, 0.3) is 0 Å². The van der Waals surface area contributed by atoms with Crippen LogP contribution in [-0.4, -0.2) is 64.7 Å². The van der Waals surface area contributed by atoms with Crippen molar-refractivity contribution in [2.75, 3.05) is 49.9 Å². The minimum Gasteiger partial charge on any atom is -0.383 e. The number of anilines is 2. The van der Waals surface area contributed by atoms with Crippen molar-refractivity contribution in [3.63, 3.8) is 0 Å². The van der Waals surface area contributed by atoms with E-state index in [1.54, 1.807) is 0 Å². The molecule has 0 spiro atoms. The van der Waals surface area contributed by atoms with Gasteiger partial charge in [-0.25, -0.2) is 9.97 Å². The summed E-state index contributed by atoms with van der Waals surface area (Å²) in [6.07, 6.45) is 3.53. The Labute approximate surface area is 214 Å². The molecule has 1 aromatic heterocycles. The summed E-state index contributed by atoms with van der Waals surface area (Å²) in [5.41, 5.74) is 6.80. The zero-order valence-corrected chi connectivity index (χ0v) is 22.1. The van der Waals surface area contributed by atoms with Gasteiger partial charge >= 0.3 is 0 Å². The number of amides is 1. The molecule has 1 amide bonds. The van der Waals surface area contributed by atoms with Gasteiger partial charge in [0, 0.05) is 24.7 Å². The highest BCUT2D eigenvalue weighted by atomic mass is 79.9. The lowest BCUT2D eigenvalue weighted by molar-refractivity contribution is -0.127. The summed E-state index contributed by atoms with van der Waals surface area (Å²) in [5, 5.41) is 11.9. The van der Waals surface area contributed by atoms with Crippen molar-refractivity contribution >= 4 is 49.7 Å². The lowest BCUT2D eigenvalue weighted by Gasteiger charge is -2.42. The summed E-state index contributed by atoms with van der Waals surface area (Å²) < 4.78 is 0.140. The second-order valence-electron chi connectivity index (χ2n) is 8.48. The third-order valence-corrected chi connectivity index (χ3v) is 7.30. The number of nitrogens with one attached hydrogen (secondary N) is 2. The SMILES string of the molecule is CCN(CC)CCCNC(=O)C1(c2ccc(Cl)cc2)CCN(c2ncnc(N)c2C(=N)Br)CC1. The first-order valence-corrected chi connectivity index (χ1v) is 12.9. The van der Waals surface area contributed by atoms with Crippen LogP contribution in [0.4, 0.5) is 11.6 Å². The summed E-state index contributed by atoms with van der Waals surface area (Å²) in [4.78, 5) is 26.4. The van der Waals surface area contributed by atoms with Crippen LogP contribution in [0.25, 0.3) is 0 Å². The van der Waals surface area contributed by atoms with Crippen LogP contribution in [-0.2, 0) is 10.2 Å². The van der Waals surface area contributed by atoms with Crippen LogP contribution >= 0.6 is 27.5 Å². The average Bonchev–Trinajstić information content (AvgIpc) is 2.84. The maximum Gasteiger partial charge on any atom is 0.230 e. The van der Waals surface area contributed by atoms with Gasteiger partial charge in [-0.05, 0) is 72.5 Å². The number of piperidine rings is 1. The molecule has 4 N–H and O–H groups in total. The van der Waals surface area contributed by atoms with Gasteiger partial charge in [-0.1, -0.05) is 37.6 Å². The number of hydrogen-bond acceptors (Lipinski definition) is 7. The van der Waals surface area contributed by atoms with Gasteiger partial charge in [0.2, 0.25) is 5.91 Å². The molecule has 184 valence electrons. The molecule has 0 bridgehead atoms. The van der Waals surface area contributed by atoms with Gasteiger partial charge in [0.1, 0.15) is 22.6 Å². The van der Waals surface area contributed by atoms with E-state index >= 15 is 0 Å². The molecule has 0 radical (unpaired) electrons. The number of carbonyl (C=O) groups is 1. The summed E-state index contributed by atoms with van der Waals surface area (Å²) in [5.74, 6) is 0.913. The van der Waals surface area contributed by atoms with Crippen molar-refractivity contribution in [3.05, 3.63) is 46.7 Å². The largest absolute Gasteiger partial charge is 0.383 e. The quantitative estimate of drug-likeness (QED) is 0.306. The van der Waals surface area contributed by atoms with Gasteiger partial charge in [0.05, 0.1) is 11.0 Å². The summed E-state index contributed by atoms with van der Waals surface area (Å²) >= 11 is 9.35. The van der Waals surface area contributed by atoms with Crippen molar-refractivity contribution in [1.29, 1.82) is 5.41 Å². The smallest absolute Gasteiger partial charge is 0.230 e. The molecule has 0 atom stereocenters. The van der Waals surface area contributed by atoms with Crippen LogP contribution in [0.3, 0.4) is 0 Å². The Morgan fingerprint density at radius 1 is 1.24 bits per heavy atom. The van der Waals surface area contributed by atoms with Crippen LogP contribution in [0.15, 0.2) is 30.6 Å². The predicted molar refractivity (Wildman–Crippen MR) is 142 cm³/mol. The molecule has 0 aliphatic carbocycles. The molecule has 1 saturated heterocycles. The Balaban J connectivity index is 1.78. The van der Waals surface area contributed by atoms with E-state index in [1.165, 1.54) is 6.33 Å². The van der Waals surface area contributed by atoms with Gasteiger partial charge < -0.3 is 20.9 Å². The third-order valence-electron chi connectivity index (χ3n) is 6.66. The van der Waals surface area contributed by atoms with Gasteiger partial charge in [-0.3, -0.25) is 10.2 Å². The van der Waals surface area contributed by atoms with Crippen molar-refractivity contribution in [1.82, 2.24) is 20.2 Å². The van der Waals surface area contributed by atoms with Crippen molar-refractivity contribution in [2.24, 2.45) is 0 Å². The van der Waals surface area contributed by atoms with E-state index in [1.807, 2.05) is 24.3 Å². The lowest BCUT2D eigenvalue weighted by atomic mass is 9.72. The minimum atomic E-state index is -0.656. The van der Waals surface area contributed by atoms with Crippen LogP contribution in [0.2, 0.25) is 5.02 Å². The molecule has 1 fully saturated rings. The Morgan fingerprint density at radius 3 is 2.47 bits per heavy atom. The van der Waals surface area contributed by atoms with Gasteiger partial charge in [-0.2, -0.15) is 0 Å². The zero-order valence-electron chi connectivity index (χ0n) is 19.8. The number of rotatable bonds is 10. The number of halogens is 2. The highest BCUT2D eigenvalue weighted by Gasteiger charge is 2.43. The minimum absolute atomic E-state index is 0.0460. The van der Waals surface area contributed by atoms with Crippen LogP contribution < -0.4 is 16.0 Å². The average molecular weight is 551 g/mol. The first-order valence-electron chi connectivity index (χ1n) is 11.7. The maximum absolute atomic E-state index is 13.6. The van der Waals surface area contributed by atoms with Crippen molar-refractivity contribution in [3.8, 4) is 0 Å². The van der Waals surface area contributed by atoms with E-state index in [9.17, 15) is 4.79 Å². The second kappa shape index (κ2) is 12.0. The first kappa shape index (κ1) is 26.4. The fraction of sp³-hybridized carbons (Fsp3) is 0.500. The Morgan fingerprint density at radius 2 is 1.88 bits per heavy atom. The number of benzene rings is 1. The molecule has 1 aliphatic heterocycles. The molecule has 3 rings (SSSR count). The highest BCUT2D eigenvalue weighted by Crippen LogP contribution is 2.38. The van der Waals surface area contributed by atoms with Crippen molar-refractivity contribution in [2.45, 2.75) is 38.5 Å². The topological polar surface area (TPSA) is 111 Å². The highest BCUT2D eigenvalue weighted by molar-refractivity contribution is 9.18.